The Morgan fingerprint density at radius 2 is 1.76 bits per heavy atom. The smallest absolute Gasteiger partial charge is 0.388 e. The molecule has 0 aliphatic heterocycles. The van der Waals surface area contributed by atoms with E-state index in [0.717, 1.165) is 12.3 Å². The molecule has 10 heteroatoms. The Labute approximate surface area is 192 Å². The van der Waals surface area contributed by atoms with Crippen molar-refractivity contribution in [1.29, 1.82) is 0 Å². The Morgan fingerprint density at radius 3 is 2.33 bits per heavy atom. The van der Waals surface area contributed by atoms with Gasteiger partial charge < -0.3 is 9.84 Å². The molecule has 0 unspecified atom stereocenters. The number of halogens is 5. The Bertz CT molecular complexity index is 1070. The third kappa shape index (κ3) is 7.06. The molecule has 33 heavy (non-hydrogen) atoms. The lowest BCUT2D eigenvalue weighted by atomic mass is 9.94. The van der Waals surface area contributed by atoms with Gasteiger partial charge in [0.25, 0.3) is 0 Å². The zero-order chi connectivity index (χ0) is 24.8. The Hall–Kier alpha value is -2.85. The van der Waals surface area contributed by atoms with Gasteiger partial charge in [-0.25, -0.2) is 23.1 Å². The van der Waals surface area contributed by atoms with Gasteiger partial charge in [0.05, 0.1) is 0 Å². The fourth-order valence-corrected chi connectivity index (χ4v) is 3.96. The van der Waals surface area contributed by atoms with Gasteiger partial charge in [0.1, 0.15) is 16.4 Å². The molecule has 0 fully saturated rings. The molecule has 0 aliphatic carbocycles. The summed E-state index contributed by atoms with van der Waals surface area (Å²) in [6.07, 6.45) is -0.649. The van der Waals surface area contributed by atoms with Crippen LogP contribution in [0.1, 0.15) is 34.9 Å². The molecule has 1 aromatic carbocycles. The number of thiazole rings is 1. The number of pyridine rings is 1. The van der Waals surface area contributed by atoms with Crippen LogP contribution in [0, 0.1) is 5.82 Å². The Morgan fingerprint density at radius 1 is 1.09 bits per heavy atom. The highest BCUT2D eigenvalue weighted by atomic mass is 32.1. The van der Waals surface area contributed by atoms with Crippen molar-refractivity contribution in [2.24, 2.45) is 0 Å². The SMILES string of the molecule is C=C.CC(C)(O)c1ncc(Cc2ccc(CC(F)F)c(-c3ccnc(OC(F)F)c3)c2F)s1. The molecule has 0 atom stereocenters. The molecule has 0 amide bonds. The Kier molecular flexibility index (Phi) is 9.07. The molecular formula is C23H23F5N2O2S. The van der Waals surface area contributed by atoms with E-state index in [1.54, 1.807) is 13.8 Å². The fourth-order valence-electron chi connectivity index (χ4n) is 3.02. The van der Waals surface area contributed by atoms with Gasteiger partial charge in [-0.3, -0.25) is 0 Å². The maximum absolute atomic E-state index is 15.5. The van der Waals surface area contributed by atoms with Gasteiger partial charge in [-0.2, -0.15) is 8.78 Å². The Balaban J connectivity index is 0.00000187. The van der Waals surface area contributed by atoms with Crippen LogP contribution in [-0.2, 0) is 18.4 Å². The topological polar surface area (TPSA) is 55.2 Å². The van der Waals surface area contributed by atoms with Crippen LogP contribution in [0.2, 0.25) is 0 Å². The lowest BCUT2D eigenvalue weighted by Crippen LogP contribution is -2.14. The number of aromatic nitrogens is 2. The second-order valence-electron chi connectivity index (χ2n) is 7.30. The minimum Gasteiger partial charge on any atom is -0.417 e. The van der Waals surface area contributed by atoms with Crippen LogP contribution in [-0.4, -0.2) is 28.1 Å². The molecule has 0 saturated heterocycles. The molecule has 2 heterocycles. The average molecular weight is 487 g/mol. The molecule has 0 radical (unpaired) electrons. The van der Waals surface area contributed by atoms with E-state index in [0.29, 0.717) is 9.88 Å². The summed E-state index contributed by atoms with van der Waals surface area (Å²) in [7, 11) is 0. The van der Waals surface area contributed by atoms with E-state index in [4.69, 9.17) is 0 Å². The maximum atomic E-state index is 15.5. The number of benzene rings is 1. The highest BCUT2D eigenvalue weighted by Crippen LogP contribution is 2.34. The molecule has 0 saturated carbocycles. The molecule has 0 aliphatic rings. The summed E-state index contributed by atoms with van der Waals surface area (Å²) in [6.45, 7) is 6.03. The highest BCUT2D eigenvalue weighted by molar-refractivity contribution is 7.11. The van der Waals surface area contributed by atoms with Crippen molar-refractivity contribution >= 4 is 11.3 Å². The minimum atomic E-state index is -3.13. The van der Waals surface area contributed by atoms with Crippen LogP contribution in [0.25, 0.3) is 11.1 Å². The first-order valence-corrected chi connectivity index (χ1v) is 10.5. The molecule has 1 N–H and O–H groups in total. The minimum absolute atomic E-state index is 0.0342. The summed E-state index contributed by atoms with van der Waals surface area (Å²) >= 11 is 1.21. The van der Waals surface area contributed by atoms with Crippen LogP contribution in [0.15, 0.2) is 49.8 Å². The van der Waals surface area contributed by atoms with Gasteiger partial charge in [-0.05, 0) is 36.6 Å². The number of aliphatic hydroxyl groups is 1. The third-order valence-electron chi connectivity index (χ3n) is 4.36. The lowest BCUT2D eigenvalue weighted by Gasteiger charge is -2.15. The maximum Gasteiger partial charge on any atom is 0.388 e. The number of nitrogens with zero attached hydrogens (tertiary/aromatic N) is 2. The van der Waals surface area contributed by atoms with Crippen LogP contribution >= 0.6 is 11.3 Å². The van der Waals surface area contributed by atoms with Gasteiger partial charge in [0, 0.05) is 41.7 Å². The first kappa shape index (κ1) is 26.4. The van der Waals surface area contributed by atoms with Crippen molar-refractivity contribution in [3.05, 3.63) is 76.6 Å². The van der Waals surface area contributed by atoms with Gasteiger partial charge in [0.2, 0.25) is 12.3 Å². The molecule has 3 rings (SSSR count). The number of ether oxygens (including phenoxy) is 1. The van der Waals surface area contributed by atoms with Crippen LogP contribution in [0.3, 0.4) is 0 Å². The van der Waals surface area contributed by atoms with E-state index in [-0.39, 0.29) is 28.7 Å². The predicted octanol–water partition coefficient (Wildman–Crippen LogP) is 6.37. The first-order chi connectivity index (χ1) is 15.5. The highest BCUT2D eigenvalue weighted by Gasteiger charge is 2.22. The molecular weight excluding hydrogens is 463 g/mol. The second-order valence-corrected chi connectivity index (χ2v) is 8.41. The molecule has 3 aromatic rings. The van der Waals surface area contributed by atoms with Crippen molar-refractivity contribution in [2.45, 2.75) is 45.3 Å². The number of rotatable bonds is 8. The quantitative estimate of drug-likeness (QED) is 0.297. The van der Waals surface area contributed by atoms with E-state index in [1.807, 2.05) is 0 Å². The van der Waals surface area contributed by atoms with Gasteiger partial charge in [-0.1, -0.05) is 12.1 Å². The van der Waals surface area contributed by atoms with E-state index < -0.39 is 36.8 Å². The largest absolute Gasteiger partial charge is 0.417 e. The first-order valence-electron chi connectivity index (χ1n) is 9.71. The summed E-state index contributed by atoms with van der Waals surface area (Å²) in [5, 5.41) is 10.5. The van der Waals surface area contributed by atoms with E-state index in [2.05, 4.69) is 27.9 Å². The second kappa shape index (κ2) is 11.3. The van der Waals surface area contributed by atoms with Crippen molar-refractivity contribution in [2.75, 3.05) is 0 Å². The fraction of sp³-hybridized carbons (Fsp3) is 0.304. The third-order valence-corrected chi connectivity index (χ3v) is 5.67. The number of alkyl halides is 4. The normalized spacial score (nSPS) is 11.5. The standard InChI is InChI=1S/C21H19F5N2O2S.C2H4/c1-21(2,29)19-28-10-14(31-19)7-13-4-3-11(8-15(22)23)17(18(13)24)12-5-6-27-16(9-12)30-20(25)26;1-2/h3-6,9-10,15,20,29H,7-8H2,1-2H3;1-2H2. The van der Waals surface area contributed by atoms with Gasteiger partial charge in [-0.15, -0.1) is 24.5 Å². The van der Waals surface area contributed by atoms with E-state index in [9.17, 15) is 22.7 Å². The van der Waals surface area contributed by atoms with Crippen LogP contribution in [0.5, 0.6) is 5.88 Å². The number of hydrogen-bond acceptors (Lipinski definition) is 5. The zero-order valence-corrected chi connectivity index (χ0v) is 18.8. The lowest BCUT2D eigenvalue weighted by molar-refractivity contribution is -0.0528. The molecule has 0 bridgehead atoms. The molecule has 4 nitrogen and oxygen atoms in total. The molecule has 0 spiro atoms. The van der Waals surface area contributed by atoms with Gasteiger partial charge >= 0.3 is 6.61 Å². The van der Waals surface area contributed by atoms with Crippen molar-refractivity contribution in [1.82, 2.24) is 9.97 Å². The average Bonchev–Trinajstić information content (AvgIpc) is 3.20. The molecule has 2 aromatic heterocycles. The monoisotopic (exact) mass is 486 g/mol. The van der Waals surface area contributed by atoms with Crippen molar-refractivity contribution < 1.29 is 31.8 Å². The number of hydrogen-bond donors (Lipinski definition) is 1. The summed E-state index contributed by atoms with van der Waals surface area (Å²) in [5.41, 5.74) is -0.918. The summed E-state index contributed by atoms with van der Waals surface area (Å²) in [5.74, 6) is -1.19. The van der Waals surface area contributed by atoms with Gasteiger partial charge in [0.15, 0.2) is 0 Å². The predicted molar refractivity (Wildman–Crippen MR) is 117 cm³/mol. The summed E-state index contributed by atoms with van der Waals surface area (Å²) in [4.78, 5) is 8.45. The summed E-state index contributed by atoms with van der Waals surface area (Å²) < 4.78 is 70.9. The summed E-state index contributed by atoms with van der Waals surface area (Å²) in [6, 6.07) is 5.24. The zero-order valence-electron chi connectivity index (χ0n) is 18.0. The molecule has 178 valence electrons. The van der Waals surface area contributed by atoms with E-state index in [1.165, 1.54) is 35.7 Å². The van der Waals surface area contributed by atoms with Crippen LogP contribution < -0.4 is 4.74 Å². The van der Waals surface area contributed by atoms with Crippen molar-refractivity contribution in [3.63, 3.8) is 0 Å². The van der Waals surface area contributed by atoms with Crippen LogP contribution in [0.4, 0.5) is 22.0 Å². The van der Waals surface area contributed by atoms with E-state index >= 15 is 4.39 Å². The van der Waals surface area contributed by atoms with Crippen molar-refractivity contribution in [3.8, 4) is 17.0 Å².